The lowest BCUT2D eigenvalue weighted by Crippen LogP contribution is -1.87. The number of aromatic nitrogens is 2. The number of allylic oxidation sites excluding steroid dienone is 3. The minimum absolute atomic E-state index is 0.0454. The lowest BCUT2D eigenvalue weighted by molar-refractivity contribution is 0.101. The smallest absolute Gasteiger partial charge is 0.164 e. The summed E-state index contributed by atoms with van der Waals surface area (Å²) in [4.78, 5) is 13.3. The standard InChI is InChI=1S/C12H12N2OS/c1-4-9(5-2)11-7-14-12(16-11)10(6-13-14)8(3)15/h4-7H,1H2,2-3H3/b9-5+. The summed E-state index contributed by atoms with van der Waals surface area (Å²) in [7, 11) is 0. The van der Waals surface area contributed by atoms with Crippen LogP contribution in [-0.4, -0.2) is 15.4 Å². The van der Waals surface area contributed by atoms with E-state index in [4.69, 9.17) is 0 Å². The molecule has 0 fully saturated rings. The minimum atomic E-state index is 0.0454. The summed E-state index contributed by atoms with van der Waals surface area (Å²) in [5, 5.41) is 4.16. The molecule has 0 unspecified atom stereocenters. The predicted octanol–water partition coefficient (Wildman–Crippen LogP) is 3.19. The molecule has 0 aliphatic heterocycles. The molecule has 0 N–H and O–H groups in total. The summed E-state index contributed by atoms with van der Waals surface area (Å²) in [5.74, 6) is 0.0454. The van der Waals surface area contributed by atoms with Gasteiger partial charge in [0.05, 0.1) is 16.6 Å². The molecule has 0 aliphatic carbocycles. The third kappa shape index (κ3) is 1.61. The van der Waals surface area contributed by atoms with E-state index in [9.17, 15) is 4.79 Å². The Bertz CT molecular complexity index is 589. The molecule has 16 heavy (non-hydrogen) atoms. The molecule has 2 rings (SSSR count). The molecule has 0 saturated carbocycles. The fraction of sp³-hybridized carbons (Fsp3) is 0.167. The maximum atomic E-state index is 11.4. The molecular formula is C12H12N2OS. The van der Waals surface area contributed by atoms with Crippen molar-refractivity contribution < 1.29 is 4.79 Å². The van der Waals surface area contributed by atoms with E-state index in [-0.39, 0.29) is 5.78 Å². The molecule has 0 amide bonds. The maximum Gasteiger partial charge on any atom is 0.164 e. The van der Waals surface area contributed by atoms with Gasteiger partial charge in [0.2, 0.25) is 0 Å². The second kappa shape index (κ2) is 4.06. The number of carbonyl (C=O) groups is 1. The normalized spacial score (nSPS) is 12.0. The van der Waals surface area contributed by atoms with Crippen molar-refractivity contribution in [1.82, 2.24) is 9.61 Å². The average Bonchev–Trinajstić information content (AvgIpc) is 2.78. The van der Waals surface area contributed by atoms with Crippen molar-refractivity contribution >= 4 is 27.5 Å². The van der Waals surface area contributed by atoms with Crippen LogP contribution < -0.4 is 0 Å². The van der Waals surface area contributed by atoms with Crippen LogP contribution in [0.4, 0.5) is 0 Å². The van der Waals surface area contributed by atoms with Crippen molar-refractivity contribution in [2.75, 3.05) is 0 Å². The Morgan fingerprint density at radius 3 is 2.94 bits per heavy atom. The van der Waals surface area contributed by atoms with Gasteiger partial charge < -0.3 is 0 Å². The van der Waals surface area contributed by atoms with Gasteiger partial charge in [0, 0.05) is 6.20 Å². The van der Waals surface area contributed by atoms with Crippen molar-refractivity contribution in [2.24, 2.45) is 0 Å². The molecule has 0 bridgehead atoms. The summed E-state index contributed by atoms with van der Waals surface area (Å²) in [6.07, 6.45) is 7.33. The van der Waals surface area contributed by atoms with Gasteiger partial charge in [-0.05, 0) is 19.4 Å². The number of fused-ring (bicyclic) bond motifs is 1. The highest BCUT2D eigenvalue weighted by Crippen LogP contribution is 2.27. The number of nitrogens with zero attached hydrogens (tertiary/aromatic N) is 2. The van der Waals surface area contributed by atoms with Gasteiger partial charge in [-0.15, -0.1) is 11.3 Å². The average molecular weight is 232 g/mol. The summed E-state index contributed by atoms with van der Waals surface area (Å²) >= 11 is 1.56. The Labute approximate surface area is 97.7 Å². The Balaban J connectivity index is 2.61. The quantitative estimate of drug-likeness (QED) is 0.601. The number of hydrogen-bond acceptors (Lipinski definition) is 3. The maximum absolute atomic E-state index is 11.4. The van der Waals surface area contributed by atoms with Crippen molar-refractivity contribution in [2.45, 2.75) is 13.8 Å². The molecule has 0 saturated heterocycles. The lowest BCUT2D eigenvalue weighted by Gasteiger charge is -1.93. The molecule has 0 aromatic carbocycles. The van der Waals surface area contributed by atoms with E-state index in [2.05, 4.69) is 11.7 Å². The van der Waals surface area contributed by atoms with Gasteiger partial charge in [0.1, 0.15) is 4.83 Å². The Morgan fingerprint density at radius 1 is 1.62 bits per heavy atom. The van der Waals surface area contributed by atoms with E-state index in [0.717, 1.165) is 15.3 Å². The third-order valence-electron chi connectivity index (χ3n) is 2.39. The van der Waals surface area contributed by atoms with Gasteiger partial charge in [0.15, 0.2) is 5.78 Å². The molecule has 2 heterocycles. The van der Waals surface area contributed by atoms with Gasteiger partial charge in [0.25, 0.3) is 0 Å². The van der Waals surface area contributed by atoms with E-state index in [1.165, 1.54) is 0 Å². The monoisotopic (exact) mass is 232 g/mol. The number of ketones is 1. The fourth-order valence-corrected chi connectivity index (χ4v) is 2.70. The van der Waals surface area contributed by atoms with Crippen LogP contribution in [-0.2, 0) is 0 Å². The van der Waals surface area contributed by atoms with E-state index in [0.29, 0.717) is 5.56 Å². The highest BCUT2D eigenvalue weighted by atomic mass is 32.1. The van der Waals surface area contributed by atoms with Crippen LogP contribution in [0.2, 0.25) is 0 Å². The molecule has 3 nitrogen and oxygen atoms in total. The fourth-order valence-electron chi connectivity index (χ4n) is 1.52. The SMILES string of the molecule is C=C/C(=C\C)c1cn2ncc(C(C)=O)c2s1. The first-order valence-corrected chi connectivity index (χ1v) is 5.76. The third-order valence-corrected chi connectivity index (χ3v) is 3.55. The molecule has 2 aromatic heterocycles. The summed E-state index contributed by atoms with van der Waals surface area (Å²) in [5.41, 5.74) is 1.74. The van der Waals surface area contributed by atoms with E-state index in [1.807, 2.05) is 19.2 Å². The lowest BCUT2D eigenvalue weighted by atomic mass is 10.2. The van der Waals surface area contributed by atoms with Gasteiger partial charge >= 0.3 is 0 Å². The van der Waals surface area contributed by atoms with Crippen LogP contribution in [0.25, 0.3) is 10.4 Å². The second-order valence-electron chi connectivity index (χ2n) is 3.41. The highest BCUT2D eigenvalue weighted by molar-refractivity contribution is 7.18. The zero-order valence-electron chi connectivity index (χ0n) is 9.23. The van der Waals surface area contributed by atoms with Crippen molar-refractivity contribution in [3.05, 3.63) is 41.6 Å². The Kier molecular flexibility index (Phi) is 2.75. The van der Waals surface area contributed by atoms with Crippen LogP contribution in [0.15, 0.2) is 31.1 Å². The first-order valence-electron chi connectivity index (χ1n) is 4.94. The number of hydrogen-bond donors (Lipinski definition) is 0. The van der Waals surface area contributed by atoms with E-state index >= 15 is 0 Å². The van der Waals surface area contributed by atoms with Crippen molar-refractivity contribution in [1.29, 1.82) is 0 Å². The largest absolute Gasteiger partial charge is 0.294 e. The van der Waals surface area contributed by atoms with Crippen molar-refractivity contribution in [3.63, 3.8) is 0 Å². The van der Waals surface area contributed by atoms with E-state index in [1.54, 1.807) is 35.0 Å². The molecule has 0 atom stereocenters. The first-order chi connectivity index (χ1) is 7.67. The van der Waals surface area contributed by atoms with Crippen LogP contribution in [0.3, 0.4) is 0 Å². The Hall–Kier alpha value is -1.68. The van der Waals surface area contributed by atoms with Crippen LogP contribution in [0.1, 0.15) is 29.1 Å². The molecule has 0 radical (unpaired) electrons. The summed E-state index contributed by atoms with van der Waals surface area (Å²) < 4.78 is 1.74. The second-order valence-corrected chi connectivity index (χ2v) is 4.44. The molecular weight excluding hydrogens is 220 g/mol. The van der Waals surface area contributed by atoms with Crippen LogP contribution >= 0.6 is 11.3 Å². The minimum Gasteiger partial charge on any atom is -0.294 e. The molecule has 82 valence electrons. The molecule has 2 aromatic rings. The highest BCUT2D eigenvalue weighted by Gasteiger charge is 2.12. The zero-order valence-corrected chi connectivity index (χ0v) is 10.0. The number of carbonyl (C=O) groups excluding carboxylic acids is 1. The number of Topliss-reactive ketones (excluding diaryl/α,β-unsaturated/α-hetero) is 1. The van der Waals surface area contributed by atoms with Crippen LogP contribution in [0, 0.1) is 0 Å². The predicted molar refractivity (Wildman–Crippen MR) is 66.9 cm³/mol. The summed E-state index contributed by atoms with van der Waals surface area (Å²) in [6.45, 7) is 7.28. The van der Waals surface area contributed by atoms with Gasteiger partial charge in [-0.3, -0.25) is 4.79 Å². The van der Waals surface area contributed by atoms with Gasteiger partial charge in [-0.2, -0.15) is 5.10 Å². The van der Waals surface area contributed by atoms with Gasteiger partial charge in [-0.1, -0.05) is 18.7 Å². The molecule has 4 heteroatoms. The van der Waals surface area contributed by atoms with Crippen LogP contribution in [0.5, 0.6) is 0 Å². The molecule has 0 aliphatic rings. The first kappa shape index (κ1) is 10.8. The number of thiazole rings is 1. The Morgan fingerprint density at radius 2 is 2.38 bits per heavy atom. The van der Waals surface area contributed by atoms with Crippen molar-refractivity contribution in [3.8, 4) is 0 Å². The topological polar surface area (TPSA) is 34.4 Å². The van der Waals surface area contributed by atoms with Gasteiger partial charge in [-0.25, -0.2) is 4.52 Å². The zero-order chi connectivity index (χ0) is 11.7. The summed E-state index contributed by atoms with van der Waals surface area (Å²) in [6, 6.07) is 0. The molecule has 0 spiro atoms. The number of rotatable bonds is 3. The van der Waals surface area contributed by atoms with E-state index < -0.39 is 0 Å².